The topological polar surface area (TPSA) is 88.9 Å². The van der Waals surface area contributed by atoms with Gasteiger partial charge in [-0.2, -0.15) is 0 Å². The molecule has 0 N–H and O–H groups in total. The molecule has 2 aromatic heterocycles. The molecule has 39 heavy (non-hydrogen) atoms. The van der Waals surface area contributed by atoms with Crippen molar-refractivity contribution in [1.82, 2.24) is 8.96 Å². The van der Waals surface area contributed by atoms with Gasteiger partial charge in [-0.3, -0.25) is 0 Å². The number of hydrogen-bond acceptors (Lipinski definition) is 7. The van der Waals surface area contributed by atoms with Crippen LogP contribution in [0.3, 0.4) is 0 Å². The minimum Gasteiger partial charge on any atom is -0.399 e. The van der Waals surface area contributed by atoms with Crippen LogP contribution >= 0.6 is 0 Å². The van der Waals surface area contributed by atoms with Crippen molar-refractivity contribution < 1.29 is 36.0 Å². The van der Waals surface area contributed by atoms with Crippen molar-refractivity contribution >= 4 is 33.6 Å². The summed E-state index contributed by atoms with van der Waals surface area (Å²) in [7, 11) is -4.88. The molecule has 0 aliphatic carbocycles. The molecule has 0 bridgehead atoms. The minimum atomic E-state index is -4.10. The van der Waals surface area contributed by atoms with Crippen molar-refractivity contribution in [3.8, 4) is 22.6 Å². The Morgan fingerprint density at radius 2 is 1.59 bits per heavy atom. The smallest absolute Gasteiger partial charge is 0.399 e. The lowest BCUT2D eigenvalue weighted by atomic mass is 9.79. The van der Waals surface area contributed by atoms with Gasteiger partial charge in [0.25, 0.3) is 10.0 Å². The van der Waals surface area contributed by atoms with E-state index >= 15 is 0 Å². The molecule has 202 valence electrons. The van der Waals surface area contributed by atoms with Crippen LogP contribution in [-0.2, 0) is 19.3 Å². The zero-order valence-electron chi connectivity index (χ0n) is 21.9. The molecule has 0 radical (unpaired) electrons. The van der Waals surface area contributed by atoms with Crippen molar-refractivity contribution in [3.05, 3.63) is 66.5 Å². The lowest BCUT2D eigenvalue weighted by Crippen LogP contribution is -2.41. The van der Waals surface area contributed by atoms with E-state index in [1.54, 1.807) is 24.3 Å². The van der Waals surface area contributed by atoms with Crippen molar-refractivity contribution in [2.75, 3.05) is 0 Å². The summed E-state index contributed by atoms with van der Waals surface area (Å²) in [5.74, 6) is -0.356. The normalized spacial score (nSPS) is 19.1. The maximum absolute atomic E-state index is 14.0. The number of benzene rings is 2. The van der Waals surface area contributed by atoms with Gasteiger partial charge in [-0.1, -0.05) is 29.8 Å². The number of halogens is 2. The van der Waals surface area contributed by atoms with Crippen LogP contribution < -0.4 is 14.9 Å². The first-order chi connectivity index (χ1) is 18.2. The minimum absolute atomic E-state index is 0.0535. The zero-order valence-corrected chi connectivity index (χ0v) is 22.7. The van der Waals surface area contributed by atoms with E-state index in [9.17, 15) is 17.2 Å². The Morgan fingerprint density at radius 1 is 0.923 bits per heavy atom. The highest BCUT2D eigenvalue weighted by molar-refractivity contribution is 7.90. The van der Waals surface area contributed by atoms with Gasteiger partial charge in [0, 0.05) is 34.4 Å². The largest absolute Gasteiger partial charge is 0.586 e. The summed E-state index contributed by atoms with van der Waals surface area (Å²) in [6.07, 6.45) is -0.994. The second-order valence-electron chi connectivity index (χ2n) is 10.7. The number of para-hydroxylation sites is 1. The molecule has 4 aromatic rings. The van der Waals surface area contributed by atoms with Gasteiger partial charge in [-0.15, -0.1) is 8.78 Å². The molecule has 12 heteroatoms. The van der Waals surface area contributed by atoms with Gasteiger partial charge in [0.2, 0.25) is 0 Å². The average Bonchev–Trinajstić information content (AvgIpc) is 3.46. The molecular formula is C27H25BF2N2O6S. The molecule has 2 aliphatic rings. The Morgan fingerprint density at radius 3 is 2.26 bits per heavy atom. The third kappa shape index (κ3) is 4.09. The summed E-state index contributed by atoms with van der Waals surface area (Å²) in [6, 6.07) is 12.6. The Bertz CT molecular complexity index is 1720. The summed E-state index contributed by atoms with van der Waals surface area (Å²) in [6.45, 7) is 9.52. The van der Waals surface area contributed by atoms with E-state index in [0.717, 1.165) is 9.54 Å². The second kappa shape index (κ2) is 8.26. The first-order valence-electron chi connectivity index (χ1n) is 12.3. The van der Waals surface area contributed by atoms with Crippen LogP contribution in [-0.4, -0.2) is 42.0 Å². The molecule has 0 amide bonds. The van der Waals surface area contributed by atoms with E-state index < -0.39 is 34.6 Å². The number of pyridine rings is 1. The molecular weight excluding hydrogens is 529 g/mol. The van der Waals surface area contributed by atoms with Crippen LogP contribution in [0.4, 0.5) is 8.78 Å². The van der Waals surface area contributed by atoms with Crippen LogP contribution in [0.25, 0.3) is 22.2 Å². The van der Waals surface area contributed by atoms with Gasteiger partial charge in [0.1, 0.15) is 0 Å². The van der Waals surface area contributed by atoms with Gasteiger partial charge >= 0.3 is 13.4 Å². The number of nitrogens with zero attached hydrogens (tertiary/aromatic N) is 2. The lowest BCUT2D eigenvalue weighted by Gasteiger charge is -2.32. The number of rotatable bonds is 4. The molecule has 2 aromatic carbocycles. The predicted octanol–water partition coefficient (Wildman–Crippen LogP) is 4.87. The van der Waals surface area contributed by atoms with Crippen molar-refractivity contribution in [2.45, 2.75) is 57.0 Å². The number of hydrogen-bond donors (Lipinski definition) is 0. The zero-order chi connectivity index (χ0) is 28.0. The number of aromatic nitrogens is 2. The van der Waals surface area contributed by atoms with Gasteiger partial charge in [-0.05, 0) is 58.9 Å². The molecule has 1 saturated heterocycles. The van der Waals surface area contributed by atoms with Crippen LogP contribution in [0.1, 0.15) is 33.3 Å². The molecule has 0 spiro atoms. The highest BCUT2D eigenvalue weighted by atomic mass is 32.2. The Hall–Kier alpha value is -3.48. The molecule has 1 fully saturated rings. The summed E-state index contributed by atoms with van der Waals surface area (Å²) >= 11 is 0. The highest BCUT2D eigenvalue weighted by Crippen LogP contribution is 2.48. The molecule has 6 rings (SSSR count). The summed E-state index contributed by atoms with van der Waals surface area (Å²) < 4.78 is 78.4. The van der Waals surface area contributed by atoms with E-state index in [1.807, 2.05) is 34.6 Å². The number of aryl methyl sites for hydroxylation is 1. The van der Waals surface area contributed by atoms with Crippen molar-refractivity contribution in [2.24, 2.45) is 0 Å². The molecule has 0 atom stereocenters. The lowest BCUT2D eigenvalue weighted by molar-refractivity contribution is -0.286. The fourth-order valence-corrected chi connectivity index (χ4v) is 5.93. The van der Waals surface area contributed by atoms with E-state index in [1.165, 1.54) is 36.7 Å². The van der Waals surface area contributed by atoms with E-state index in [4.69, 9.17) is 14.0 Å². The second-order valence-corrected chi connectivity index (χ2v) is 12.5. The summed E-state index contributed by atoms with van der Waals surface area (Å²) in [4.78, 5) is 4.56. The van der Waals surface area contributed by atoms with Crippen LogP contribution in [0.2, 0.25) is 0 Å². The number of fused-ring (bicyclic) bond motifs is 2. The Kier molecular flexibility index (Phi) is 5.46. The van der Waals surface area contributed by atoms with Crippen LogP contribution in [0.5, 0.6) is 11.5 Å². The van der Waals surface area contributed by atoms with Crippen LogP contribution in [0, 0.1) is 6.92 Å². The first kappa shape index (κ1) is 25.8. The molecule has 4 heterocycles. The average molecular weight is 554 g/mol. The van der Waals surface area contributed by atoms with Crippen LogP contribution in [0.15, 0.2) is 65.8 Å². The quantitative estimate of drug-likeness (QED) is 0.333. The fraction of sp³-hybridized carbons (Fsp3) is 0.296. The predicted molar refractivity (Wildman–Crippen MR) is 141 cm³/mol. The van der Waals surface area contributed by atoms with E-state index in [0.29, 0.717) is 16.4 Å². The highest BCUT2D eigenvalue weighted by Gasteiger charge is 2.52. The van der Waals surface area contributed by atoms with Crippen molar-refractivity contribution in [1.29, 1.82) is 0 Å². The Balaban J connectivity index is 1.57. The monoisotopic (exact) mass is 554 g/mol. The fourth-order valence-electron chi connectivity index (χ4n) is 4.61. The maximum Gasteiger partial charge on any atom is 0.586 e. The van der Waals surface area contributed by atoms with E-state index in [-0.39, 0.29) is 27.6 Å². The molecule has 0 unspecified atom stereocenters. The van der Waals surface area contributed by atoms with Gasteiger partial charge < -0.3 is 18.8 Å². The third-order valence-corrected chi connectivity index (χ3v) is 9.12. The van der Waals surface area contributed by atoms with E-state index in [2.05, 4.69) is 9.72 Å². The Labute approximate surface area is 224 Å². The SMILES string of the molecule is Cc1ccc(S(=O)(=O)n2cc(-c3cccc4c3OC(F)(F)O4)c3cc(B4OC(C)(C)C(C)(C)O4)cnc32)cc1. The van der Waals surface area contributed by atoms with Crippen molar-refractivity contribution in [3.63, 3.8) is 0 Å². The third-order valence-electron chi connectivity index (χ3n) is 7.46. The van der Waals surface area contributed by atoms with Gasteiger partial charge in [0.15, 0.2) is 17.1 Å². The van der Waals surface area contributed by atoms with Gasteiger partial charge in [-0.25, -0.2) is 17.4 Å². The molecule has 2 aliphatic heterocycles. The standard InChI is InChI=1S/C27H25BF2N2O6S/c1-16-9-11-18(12-10-16)39(33,34)32-15-21(19-7-6-8-22-23(19)36-27(29,30)35-22)20-13-17(14-31-24(20)32)28-37-25(2,3)26(4,5)38-28/h6-15H,1-5H3. The summed E-state index contributed by atoms with van der Waals surface area (Å²) in [5.41, 5.74) is 0.845. The summed E-state index contributed by atoms with van der Waals surface area (Å²) in [5, 5.41) is 0.380. The number of ether oxygens (including phenoxy) is 2. The van der Waals surface area contributed by atoms with Gasteiger partial charge in [0.05, 0.1) is 16.1 Å². The number of alkyl halides is 2. The maximum atomic E-state index is 14.0. The molecule has 8 nitrogen and oxygen atoms in total. The molecule has 0 saturated carbocycles. The first-order valence-corrected chi connectivity index (χ1v) is 13.7.